The maximum Gasteiger partial charge on any atom is 0.229 e. The van der Waals surface area contributed by atoms with Crippen molar-refractivity contribution in [2.45, 2.75) is 20.0 Å². The van der Waals surface area contributed by atoms with Gasteiger partial charge in [-0.25, -0.2) is 14.4 Å². The van der Waals surface area contributed by atoms with Crippen LogP contribution in [0.15, 0.2) is 36.9 Å². The Morgan fingerprint density at radius 1 is 1.35 bits per heavy atom. The summed E-state index contributed by atoms with van der Waals surface area (Å²) in [4.78, 5) is 14.9. The summed E-state index contributed by atoms with van der Waals surface area (Å²) in [5.41, 5.74) is 1.83. The molecule has 1 unspecified atom stereocenters. The van der Waals surface area contributed by atoms with E-state index in [2.05, 4.69) is 20.3 Å². The van der Waals surface area contributed by atoms with Gasteiger partial charge in [0.2, 0.25) is 5.95 Å². The van der Waals surface area contributed by atoms with Crippen LogP contribution >= 0.6 is 0 Å². The molecule has 3 aromatic rings. The predicted molar refractivity (Wildman–Crippen MR) is 99.0 cm³/mol. The van der Waals surface area contributed by atoms with Gasteiger partial charge < -0.3 is 19.5 Å². The van der Waals surface area contributed by atoms with Gasteiger partial charge in [-0.3, -0.25) is 0 Å². The normalized spacial score (nSPS) is 16.2. The number of benzene rings is 1. The zero-order valence-electron chi connectivity index (χ0n) is 14.8. The summed E-state index contributed by atoms with van der Waals surface area (Å²) >= 11 is 0. The van der Waals surface area contributed by atoms with E-state index < -0.39 is 0 Å². The fourth-order valence-electron chi connectivity index (χ4n) is 2.98. The fraction of sp³-hybridized carbons (Fsp3) is 0.278. The highest BCUT2D eigenvalue weighted by Crippen LogP contribution is 2.31. The molecule has 1 aliphatic rings. The highest BCUT2D eigenvalue weighted by Gasteiger charge is 2.22. The molecule has 1 aromatic carbocycles. The van der Waals surface area contributed by atoms with Crippen LogP contribution in [0.5, 0.6) is 5.75 Å². The second-order valence-electron chi connectivity index (χ2n) is 6.40. The standard InChI is InChI=1S/C18H19FN6O.H2/c1-11-8-25(10-21-11)15-5-4-13(6-14(15)19)22-18-20-7-16-17(23-18)24(3)9-12(2)26-16;/h4-8,10,12H,9H2,1-3H3,(H,20,22,23);1H. The van der Waals surface area contributed by atoms with E-state index in [1.54, 1.807) is 35.4 Å². The van der Waals surface area contributed by atoms with Gasteiger partial charge in [0.05, 0.1) is 30.5 Å². The van der Waals surface area contributed by atoms with Crippen LogP contribution in [0, 0.1) is 12.7 Å². The lowest BCUT2D eigenvalue weighted by molar-refractivity contribution is 0.213. The van der Waals surface area contributed by atoms with Crippen molar-refractivity contribution in [1.82, 2.24) is 19.5 Å². The number of fused-ring (bicyclic) bond motifs is 1. The van der Waals surface area contributed by atoms with E-state index in [9.17, 15) is 4.39 Å². The number of rotatable bonds is 3. The van der Waals surface area contributed by atoms with Gasteiger partial charge in [-0.1, -0.05) is 0 Å². The van der Waals surface area contributed by atoms with Gasteiger partial charge in [-0.15, -0.1) is 0 Å². The highest BCUT2D eigenvalue weighted by molar-refractivity contribution is 5.60. The van der Waals surface area contributed by atoms with Crippen LogP contribution < -0.4 is 15.0 Å². The van der Waals surface area contributed by atoms with Crippen molar-refractivity contribution in [2.24, 2.45) is 0 Å². The molecule has 7 nitrogen and oxygen atoms in total. The molecule has 0 radical (unpaired) electrons. The molecule has 1 N–H and O–H groups in total. The third-order valence-corrected chi connectivity index (χ3v) is 4.15. The number of imidazole rings is 1. The molecular weight excluding hydrogens is 335 g/mol. The predicted octanol–water partition coefficient (Wildman–Crippen LogP) is 3.32. The number of likely N-dealkylation sites (N-methyl/N-ethyl adjacent to an activating group) is 1. The smallest absolute Gasteiger partial charge is 0.229 e. The fourth-order valence-corrected chi connectivity index (χ4v) is 2.98. The van der Waals surface area contributed by atoms with Gasteiger partial charge in [-0.2, -0.15) is 4.98 Å². The summed E-state index contributed by atoms with van der Waals surface area (Å²) in [7, 11) is 1.95. The lowest BCUT2D eigenvalue weighted by Crippen LogP contribution is -2.36. The van der Waals surface area contributed by atoms with E-state index in [1.807, 2.05) is 25.8 Å². The monoisotopic (exact) mass is 356 g/mol. The molecule has 1 atom stereocenters. The van der Waals surface area contributed by atoms with Crippen molar-refractivity contribution in [3.05, 3.63) is 48.4 Å². The molecule has 26 heavy (non-hydrogen) atoms. The molecular formula is C18H21FN6O. The molecule has 0 spiro atoms. The average molecular weight is 356 g/mol. The number of ether oxygens (including phenoxy) is 1. The minimum absolute atomic E-state index is 0. The number of halogens is 1. The number of anilines is 3. The Kier molecular flexibility index (Phi) is 3.95. The Hall–Kier alpha value is -3.16. The number of nitrogens with one attached hydrogen (secondary N) is 1. The van der Waals surface area contributed by atoms with Crippen molar-refractivity contribution >= 4 is 17.5 Å². The highest BCUT2D eigenvalue weighted by atomic mass is 19.1. The molecule has 0 amide bonds. The first-order chi connectivity index (χ1) is 12.5. The second kappa shape index (κ2) is 6.29. The number of hydrogen-bond acceptors (Lipinski definition) is 6. The molecule has 0 bridgehead atoms. The van der Waals surface area contributed by atoms with E-state index in [0.29, 0.717) is 28.9 Å². The molecule has 136 valence electrons. The Balaban J connectivity index is 0.00000210. The lowest BCUT2D eigenvalue weighted by Gasteiger charge is -2.30. The molecule has 0 saturated carbocycles. The summed E-state index contributed by atoms with van der Waals surface area (Å²) in [6.45, 7) is 4.61. The summed E-state index contributed by atoms with van der Waals surface area (Å²) < 4.78 is 21.8. The van der Waals surface area contributed by atoms with Crippen molar-refractivity contribution in [3.63, 3.8) is 0 Å². The number of nitrogens with zero attached hydrogens (tertiary/aromatic N) is 5. The van der Waals surface area contributed by atoms with Gasteiger partial charge in [0.1, 0.15) is 11.9 Å². The Morgan fingerprint density at radius 3 is 2.92 bits per heavy atom. The minimum atomic E-state index is -0.361. The number of aromatic nitrogens is 4. The van der Waals surface area contributed by atoms with E-state index in [4.69, 9.17) is 4.74 Å². The van der Waals surface area contributed by atoms with Gasteiger partial charge in [-0.05, 0) is 32.0 Å². The summed E-state index contributed by atoms with van der Waals surface area (Å²) in [5.74, 6) is 1.39. The molecule has 4 rings (SSSR count). The summed E-state index contributed by atoms with van der Waals surface area (Å²) in [6, 6.07) is 4.88. The topological polar surface area (TPSA) is 68.1 Å². The third-order valence-electron chi connectivity index (χ3n) is 4.15. The van der Waals surface area contributed by atoms with E-state index >= 15 is 0 Å². The first-order valence-corrected chi connectivity index (χ1v) is 8.32. The van der Waals surface area contributed by atoms with E-state index in [1.165, 1.54) is 6.07 Å². The first-order valence-electron chi connectivity index (χ1n) is 8.32. The van der Waals surface area contributed by atoms with E-state index in [0.717, 1.165) is 12.2 Å². The Labute approximate surface area is 152 Å². The van der Waals surface area contributed by atoms with Crippen molar-refractivity contribution < 1.29 is 10.6 Å². The van der Waals surface area contributed by atoms with Crippen molar-refractivity contribution in [2.75, 3.05) is 23.8 Å². The molecule has 3 heterocycles. The zero-order valence-corrected chi connectivity index (χ0v) is 14.8. The quantitative estimate of drug-likeness (QED) is 0.776. The van der Waals surface area contributed by atoms with Crippen LogP contribution in [0.3, 0.4) is 0 Å². The number of hydrogen-bond donors (Lipinski definition) is 1. The summed E-state index contributed by atoms with van der Waals surface area (Å²) in [6.07, 6.45) is 5.08. The van der Waals surface area contributed by atoms with E-state index in [-0.39, 0.29) is 13.3 Å². The van der Waals surface area contributed by atoms with Crippen LogP contribution in [0.2, 0.25) is 0 Å². The zero-order chi connectivity index (χ0) is 18.3. The third kappa shape index (κ3) is 3.05. The Morgan fingerprint density at radius 2 is 2.19 bits per heavy atom. The SMILES string of the molecule is Cc1cn(-c2ccc(Nc3ncc4c(n3)N(C)CC(C)O4)cc2F)cn1.[HH]. The molecule has 0 fully saturated rings. The van der Waals surface area contributed by atoms with Crippen LogP contribution in [-0.4, -0.2) is 39.2 Å². The van der Waals surface area contributed by atoms with Crippen LogP contribution in [0.4, 0.5) is 21.8 Å². The van der Waals surface area contributed by atoms with Gasteiger partial charge in [0, 0.05) is 20.4 Å². The van der Waals surface area contributed by atoms with Gasteiger partial charge in [0.15, 0.2) is 11.6 Å². The maximum absolute atomic E-state index is 14.5. The van der Waals surface area contributed by atoms with Gasteiger partial charge >= 0.3 is 0 Å². The van der Waals surface area contributed by atoms with Crippen LogP contribution in [0.1, 0.15) is 14.0 Å². The van der Waals surface area contributed by atoms with Crippen molar-refractivity contribution in [3.8, 4) is 11.4 Å². The Bertz CT molecular complexity index is 963. The van der Waals surface area contributed by atoms with Crippen LogP contribution in [0.25, 0.3) is 5.69 Å². The molecule has 1 aliphatic heterocycles. The van der Waals surface area contributed by atoms with Gasteiger partial charge in [0.25, 0.3) is 0 Å². The lowest BCUT2D eigenvalue weighted by atomic mass is 10.2. The first kappa shape index (κ1) is 16.3. The second-order valence-corrected chi connectivity index (χ2v) is 6.40. The molecule has 0 aliphatic carbocycles. The summed E-state index contributed by atoms with van der Waals surface area (Å²) in [5, 5.41) is 3.04. The van der Waals surface area contributed by atoms with Crippen LogP contribution in [-0.2, 0) is 0 Å². The van der Waals surface area contributed by atoms with Crippen molar-refractivity contribution in [1.29, 1.82) is 0 Å². The molecule has 0 saturated heterocycles. The number of aryl methyl sites for hydroxylation is 1. The molecule has 2 aromatic heterocycles. The largest absolute Gasteiger partial charge is 0.483 e. The molecule has 8 heteroatoms. The minimum Gasteiger partial charge on any atom is -0.483 e. The maximum atomic E-state index is 14.5. The average Bonchev–Trinajstić information content (AvgIpc) is 3.01.